The van der Waals surface area contributed by atoms with Gasteiger partial charge in [-0.2, -0.15) is 0 Å². The van der Waals surface area contributed by atoms with Gasteiger partial charge in [-0.3, -0.25) is 15.1 Å². The van der Waals surface area contributed by atoms with Crippen molar-refractivity contribution in [2.45, 2.75) is 6.04 Å². The molecular formula is C6H13N3O3. The average molecular weight is 175 g/mol. The Kier molecular flexibility index (Phi) is 4.24. The van der Waals surface area contributed by atoms with Crippen LogP contribution in [0.25, 0.3) is 0 Å². The number of hydrogen-bond donors (Lipinski definition) is 2. The van der Waals surface area contributed by atoms with Gasteiger partial charge in [0.05, 0.1) is 7.11 Å². The molecule has 6 nitrogen and oxygen atoms in total. The summed E-state index contributed by atoms with van der Waals surface area (Å²) in [6, 6.07) is -1.02. The largest absolute Gasteiger partial charge is 0.467 e. The molecule has 1 unspecified atom stereocenters. The highest BCUT2D eigenvalue weighted by Gasteiger charge is 2.27. The number of methoxy groups -OCH3 is 1. The Hall–Kier alpha value is -1.14. The molecule has 1 atom stereocenters. The molecule has 0 bridgehead atoms. The number of hydrogen-bond acceptors (Lipinski definition) is 5. The van der Waals surface area contributed by atoms with Crippen LogP contribution in [0, 0.1) is 0 Å². The summed E-state index contributed by atoms with van der Waals surface area (Å²) in [5.74, 6) is 3.95. The van der Waals surface area contributed by atoms with E-state index in [0.29, 0.717) is 0 Å². The van der Waals surface area contributed by atoms with Gasteiger partial charge in [0.1, 0.15) is 0 Å². The molecule has 0 radical (unpaired) electrons. The van der Waals surface area contributed by atoms with Crippen LogP contribution in [0.1, 0.15) is 0 Å². The third-order valence-electron chi connectivity index (χ3n) is 1.32. The Bertz CT molecular complexity index is 181. The molecule has 12 heavy (non-hydrogen) atoms. The first kappa shape index (κ1) is 10.9. The molecule has 0 aliphatic heterocycles. The van der Waals surface area contributed by atoms with E-state index in [2.05, 4.69) is 10.1 Å². The molecule has 0 saturated carbocycles. The zero-order chi connectivity index (χ0) is 9.72. The molecule has 0 aliphatic rings. The summed E-state index contributed by atoms with van der Waals surface area (Å²) in [5.41, 5.74) is 0. The van der Waals surface area contributed by atoms with E-state index in [-0.39, 0.29) is 0 Å². The Morgan fingerprint density at radius 1 is 1.58 bits per heavy atom. The molecule has 0 aromatic carbocycles. The number of carbonyl (C=O) groups excluding carboxylic acids is 2. The van der Waals surface area contributed by atoms with Gasteiger partial charge in [-0.25, -0.2) is 10.6 Å². The van der Waals surface area contributed by atoms with Crippen molar-refractivity contribution in [1.82, 2.24) is 10.3 Å². The second-order valence-electron chi connectivity index (χ2n) is 2.19. The van der Waals surface area contributed by atoms with Crippen LogP contribution in [0.15, 0.2) is 0 Å². The van der Waals surface area contributed by atoms with E-state index >= 15 is 0 Å². The lowest BCUT2D eigenvalue weighted by atomic mass is 10.3. The van der Waals surface area contributed by atoms with E-state index in [4.69, 9.17) is 5.84 Å². The van der Waals surface area contributed by atoms with Gasteiger partial charge in [0.2, 0.25) is 0 Å². The van der Waals surface area contributed by atoms with Crippen LogP contribution in [0.2, 0.25) is 0 Å². The molecule has 6 heteroatoms. The molecule has 1 amide bonds. The summed E-state index contributed by atoms with van der Waals surface area (Å²) in [5, 5.41) is 3.32. The number of likely N-dealkylation sites (N-methyl/N-ethyl adjacent to an activating group) is 2. The molecule has 0 rings (SSSR count). The fraction of sp³-hybridized carbons (Fsp3) is 0.667. The standard InChI is InChI=1S/C6H13N3O3/c1-8-4(6(11)12-3)5(10)9(2)7/h4,8H,7H2,1-3H3. The average Bonchev–Trinajstić information content (AvgIpc) is 2.05. The molecule has 0 saturated heterocycles. The first-order valence-corrected chi connectivity index (χ1v) is 3.32. The van der Waals surface area contributed by atoms with Crippen molar-refractivity contribution in [1.29, 1.82) is 0 Å². The smallest absolute Gasteiger partial charge is 0.332 e. The van der Waals surface area contributed by atoms with Gasteiger partial charge in [0.15, 0.2) is 6.04 Å². The molecule has 3 N–H and O–H groups in total. The summed E-state index contributed by atoms with van der Waals surface area (Å²) in [4.78, 5) is 22.0. The lowest BCUT2D eigenvalue weighted by molar-refractivity contribution is -0.149. The van der Waals surface area contributed by atoms with Gasteiger partial charge in [-0.15, -0.1) is 0 Å². The molecule has 70 valence electrons. The summed E-state index contributed by atoms with van der Waals surface area (Å²) in [7, 11) is 4.04. The van der Waals surface area contributed by atoms with Crippen LogP contribution in [0.3, 0.4) is 0 Å². The zero-order valence-electron chi connectivity index (χ0n) is 7.33. The van der Waals surface area contributed by atoms with Crippen molar-refractivity contribution >= 4 is 11.9 Å². The number of esters is 1. The lowest BCUT2D eigenvalue weighted by Gasteiger charge is -2.16. The van der Waals surface area contributed by atoms with E-state index in [1.165, 1.54) is 21.2 Å². The van der Waals surface area contributed by atoms with E-state index < -0.39 is 17.9 Å². The number of amides is 1. The van der Waals surface area contributed by atoms with Crippen LogP contribution in [0.4, 0.5) is 0 Å². The lowest BCUT2D eigenvalue weighted by Crippen LogP contribution is -2.51. The predicted molar refractivity (Wildman–Crippen MR) is 41.8 cm³/mol. The maximum absolute atomic E-state index is 11.1. The van der Waals surface area contributed by atoms with Gasteiger partial charge < -0.3 is 4.74 Å². The van der Waals surface area contributed by atoms with Crippen molar-refractivity contribution in [2.75, 3.05) is 21.2 Å². The van der Waals surface area contributed by atoms with Crippen LogP contribution in [-0.2, 0) is 14.3 Å². The predicted octanol–water partition coefficient (Wildman–Crippen LogP) is -1.92. The third-order valence-corrected chi connectivity index (χ3v) is 1.32. The van der Waals surface area contributed by atoms with E-state index in [1.807, 2.05) is 0 Å². The number of nitrogens with one attached hydrogen (secondary N) is 1. The van der Waals surface area contributed by atoms with Gasteiger partial charge in [-0.1, -0.05) is 0 Å². The first-order valence-electron chi connectivity index (χ1n) is 3.32. The van der Waals surface area contributed by atoms with Crippen LogP contribution < -0.4 is 11.2 Å². The summed E-state index contributed by atoms with van der Waals surface area (Å²) < 4.78 is 4.37. The van der Waals surface area contributed by atoms with Crippen molar-refractivity contribution < 1.29 is 14.3 Å². The molecular weight excluding hydrogens is 162 g/mol. The summed E-state index contributed by atoms with van der Waals surface area (Å²) >= 11 is 0. The highest BCUT2D eigenvalue weighted by Crippen LogP contribution is 1.90. The molecule has 0 aromatic rings. The fourth-order valence-electron chi connectivity index (χ4n) is 0.664. The summed E-state index contributed by atoms with van der Waals surface area (Å²) in [6.07, 6.45) is 0. The quantitative estimate of drug-likeness (QED) is 0.172. The summed E-state index contributed by atoms with van der Waals surface area (Å²) in [6.45, 7) is 0. The maximum Gasteiger partial charge on any atom is 0.332 e. The van der Waals surface area contributed by atoms with Crippen LogP contribution >= 0.6 is 0 Å². The molecule has 0 fully saturated rings. The van der Waals surface area contributed by atoms with Gasteiger partial charge in [0.25, 0.3) is 5.91 Å². The minimum atomic E-state index is -1.02. The first-order chi connectivity index (χ1) is 5.54. The highest BCUT2D eigenvalue weighted by atomic mass is 16.5. The molecule has 0 aromatic heterocycles. The minimum Gasteiger partial charge on any atom is -0.467 e. The van der Waals surface area contributed by atoms with Crippen molar-refractivity contribution in [3.8, 4) is 0 Å². The van der Waals surface area contributed by atoms with E-state index in [0.717, 1.165) is 5.01 Å². The number of carbonyl (C=O) groups is 2. The Morgan fingerprint density at radius 2 is 2.08 bits per heavy atom. The topological polar surface area (TPSA) is 84.7 Å². The number of nitrogens with zero attached hydrogens (tertiary/aromatic N) is 1. The monoisotopic (exact) mass is 175 g/mol. The van der Waals surface area contributed by atoms with Crippen molar-refractivity contribution in [3.05, 3.63) is 0 Å². The van der Waals surface area contributed by atoms with Crippen molar-refractivity contribution in [2.24, 2.45) is 5.84 Å². The Balaban J connectivity index is 4.34. The number of rotatable bonds is 3. The van der Waals surface area contributed by atoms with Gasteiger partial charge >= 0.3 is 5.97 Å². The van der Waals surface area contributed by atoms with Crippen molar-refractivity contribution in [3.63, 3.8) is 0 Å². The molecule has 0 aliphatic carbocycles. The third kappa shape index (κ3) is 2.48. The highest BCUT2D eigenvalue weighted by molar-refractivity contribution is 6.01. The SMILES string of the molecule is CNC(C(=O)OC)C(=O)N(C)N. The minimum absolute atomic E-state index is 0.538. The van der Waals surface area contributed by atoms with Crippen LogP contribution in [0.5, 0.6) is 0 Å². The van der Waals surface area contributed by atoms with Gasteiger partial charge in [-0.05, 0) is 7.05 Å². The van der Waals surface area contributed by atoms with E-state index in [1.54, 1.807) is 0 Å². The second-order valence-corrected chi connectivity index (χ2v) is 2.19. The second kappa shape index (κ2) is 4.68. The van der Waals surface area contributed by atoms with Gasteiger partial charge in [0, 0.05) is 7.05 Å². The number of nitrogens with two attached hydrogens (primary N) is 1. The molecule has 0 spiro atoms. The Labute approximate surface area is 70.6 Å². The number of ether oxygens (including phenoxy) is 1. The number of hydrazine groups is 1. The normalized spacial score (nSPS) is 12.0. The van der Waals surface area contributed by atoms with E-state index in [9.17, 15) is 9.59 Å². The van der Waals surface area contributed by atoms with Crippen LogP contribution in [-0.4, -0.2) is 44.1 Å². The Morgan fingerprint density at radius 3 is 2.33 bits per heavy atom. The fourth-order valence-corrected chi connectivity index (χ4v) is 0.664. The molecule has 0 heterocycles. The zero-order valence-corrected chi connectivity index (χ0v) is 7.33. The maximum atomic E-state index is 11.1.